The summed E-state index contributed by atoms with van der Waals surface area (Å²) in [6.45, 7) is 0.405. The van der Waals surface area contributed by atoms with Crippen molar-refractivity contribution in [1.29, 1.82) is 0 Å². The maximum atomic E-state index is 12.8. The predicted octanol–water partition coefficient (Wildman–Crippen LogP) is 4.00. The monoisotopic (exact) mass is 392 g/mol. The van der Waals surface area contributed by atoms with Gasteiger partial charge in [0.2, 0.25) is 5.91 Å². The average molecular weight is 393 g/mol. The van der Waals surface area contributed by atoms with Gasteiger partial charge in [-0.15, -0.1) is 0 Å². The van der Waals surface area contributed by atoms with E-state index in [0.29, 0.717) is 23.6 Å². The van der Waals surface area contributed by atoms with Gasteiger partial charge in [0.15, 0.2) is 0 Å². The zero-order chi connectivity index (χ0) is 19.8. The first-order valence-electron chi connectivity index (χ1n) is 9.04. The van der Waals surface area contributed by atoms with Crippen molar-refractivity contribution in [3.63, 3.8) is 0 Å². The third-order valence-corrected chi connectivity index (χ3v) is 4.57. The first kappa shape index (κ1) is 19.6. The molecule has 0 bridgehead atoms. The Balaban J connectivity index is 1.71. The highest BCUT2D eigenvalue weighted by atomic mass is 35.5. The molecular formula is C23H21ClN2O2. The zero-order valence-corrected chi connectivity index (χ0v) is 16.0. The molecule has 0 aromatic heterocycles. The molecule has 0 heterocycles. The van der Waals surface area contributed by atoms with Crippen molar-refractivity contribution < 1.29 is 9.59 Å². The molecule has 28 heavy (non-hydrogen) atoms. The lowest BCUT2D eigenvalue weighted by Crippen LogP contribution is -2.47. The van der Waals surface area contributed by atoms with Crippen LogP contribution in [-0.2, 0) is 17.8 Å². The summed E-state index contributed by atoms with van der Waals surface area (Å²) in [5.41, 5.74) is 2.43. The fraction of sp³-hybridized carbons (Fsp3) is 0.130. The van der Waals surface area contributed by atoms with Crippen LogP contribution in [0.5, 0.6) is 0 Å². The van der Waals surface area contributed by atoms with E-state index in [2.05, 4.69) is 10.6 Å². The molecule has 0 aliphatic carbocycles. The van der Waals surface area contributed by atoms with Crippen LogP contribution in [0, 0.1) is 0 Å². The van der Waals surface area contributed by atoms with Gasteiger partial charge in [0.1, 0.15) is 6.04 Å². The molecule has 1 atom stereocenters. The molecule has 142 valence electrons. The summed E-state index contributed by atoms with van der Waals surface area (Å²) in [6, 6.07) is 25.2. The van der Waals surface area contributed by atoms with Gasteiger partial charge in [-0.1, -0.05) is 72.3 Å². The van der Waals surface area contributed by atoms with E-state index in [1.165, 1.54) is 0 Å². The molecule has 5 heteroatoms. The standard InChI is InChI=1S/C23H21ClN2O2/c24-20-13-11-19(12-14-20)22(27)26-21(15-17-7-3-1-4-8-17)23(28)25-16-18-9-5-2-6-10-18/h1-14,21H,15-16H2,(H,25,28)(H,26,27). The largest absolute Gasteiger partial charge is 0.350 e. The molecule has 0 spiro atoms. The fourth-order valence-corrected chi connectivity index (χ4v) is 2.94. The van der Waals surface area contributed by atoms with Gasteiger partial charge in [-0.3, -0.25) is 9.59 Å². The molecule has 0 aliphatic rings. The van der Waals surface area contributed by atoms with E-state index in [1.54, 1.807) is 24.3 Å². The number of amides is 2. The molecule has 0 fully saturated rings. The quantitative estimate of drug-likeness (QED) is 0.638. The van der Waals surface area contributed by atoms with Gasteiger partial charge in [-0.25, -0.2) is 0 Å². The van der Waals surface area contributed by atoms with Crippen LogP contribution in [0.15, 0.2) is 84.9 Å². The van der Waals surface area contributed by atoms with Crippen molar-refractivity contribution in [1.82, 2.24) is 10.6 Å². The Bertz CT molecular complexity index is 912. The van der Waals surface area contributed by atoms with E-state index in [4.69, 9.17) is 11.6 Å². The Morgan fingerprint density at radius 1 is 0.786 bits per heavy atom. The Morgan fingerprint density at radius 3 is 1.96 bits per heavy atom. The molecular weight excluding hydrogens is 372 g/mol. The summed E-state index contributed by atoms with van der Waals surface area (Å²) < 4.78 is 0. The average Bonchev–Trinajstić information content (AvgIpc) is 2.73. The number of hydrogen-bond donors (Lipinski definition) is 2. The van der Waals surface area contributed by atoms with Crippen LogP contribution in [0.4, 0.5) is 0 Å². The number of benzene rings is 3. The number of nitrogens with one attached hydrogen (secondary N) is 2. The van der Waals surface area contributed by atoms with Crippen LogP contribution < -0.4 is 10.6 Å². The van der Waals surface area contributed by atoms with Gasteiger partial charge in [0, 0.05) is 23.6 Å². The van der Waals surface area contributed by atoms with Crippen molar-refractivity contribution in [3.8, 4) is 0 Å². The topological polar surface area (TPSA) is 58.2 Å². The molecule has 0 saturated carbocycles. The van der Waals surface area contributed by atoms with Gasteiger partial charge in [0.05, 0.1) is 0 Å². The summed E-state index contributed by atoms with van der Waals surface area (Å²) in [5.74, 6) is -0.539. The second kappa shape index (κ2) is 9.72. The van der Waals surface area contributed by atoms with Crippen LogP contribution in [-0.4, -0.2) is 17.9 Å². The van der Waals surface area contributed by atoms with Gasteiger partial charge >= 0.3 is 0 Å². The van der Waals surface area contributed by atoms with Crippen LogP contribution in [0.3, 0.4) is 0 Å². The van der Waals surface area contributed by atoms with E-state index in [0.717, 1.165) is 11.1 Å². The summed E-state index contributed by atoms with van der Waals surface area (Å²) >= 11 is 5.88. The van der Waals surface area contributed by atoms with Crippen LogP contribution in [0.2, 0.25) is 5.02 Å². The van der Waals surface area contributed by atoms with E-state index < -0.39 is 6.04 Å². The summed E-state index contributed by atoms with van der Waals surface area (Å²) in [4.78, 5) is 25.4. The molecule has 1 unspecified atom stereocenters. The van der Waals surface area contributed by atoms with Gasteiger partial charge in [-0.05, 0) is 35.4 Å². The maximum absolute atomic E-state index is 12.8. The van der Waals surface area contributed by atoms with Crippen LogP contribution in [0.1, 0.15) is 21.5 Å². The highest BCUT2D eigenvalue weighted by Gasteiger charge is 2.21. The van der Waals surface area contributed by atoms with Crippen molar-refractivity contribution in [3.05, 3.63) is 107 Å². The number of hydrogen-bond acceptors (Lipinski definition) is 2. The van der Waals surface area contributed by atoms with Crippen LogP contribution in [0.25, 0.3) is 0 Å². The molecule has 0 radical (unpaired) electrons. The fourth-order valence-electron chi connectivity index (χ4n) is 2.81. The predicted molar refractivity (Wildman–Crippen MR) is 111 cm³/mol. The van der Waals surface area contributed by atoms with Crippen molar-refractivity contribution >= 4 is 23.4 Å². The Kier molecular flexibility index (Phi) is 6.82. The Morgan fingerprint density at radius 2 is 1.36 bits per heavy atom. The first-order valence-corrected chi connectivity index (χ1v) is 9.41. The highest BCUT2D eigenvalue weighted by Crippen LogP contribution is 2.11. The van der Waals surface area contributed by atoms with E-state index in [-0.39, 0.29) is 11.8 Å². The number of carbonyl (C=O) groups is 2. The van der Waals surface area contributed by atoms with E-state index in [1.807, 2.05) is 60.7 Å². The molecule has 0 aliphatic heterocycles. The highest BCUT2D eigenvalue weighted by molar-refractivity contribution is 6.30. The first-order chi connectivity index (χ1) is 13.6. The van der Waals surface area contributed by atoms with E-state index in [9.17, 15) is 9.59 Å². The lowest BCUT2D eigenvalue weighted by atomic mass is 10.0. The molecule has 4 nitrogen and oxygen atoms in total. The Hall–Kier alpha value is -3.11. The molecule has 2 N–H and O–H groups in total. The maximum Gasteiger partial charge on any atom is 0.251 e. The summed E-state index contributed by atoms with van der Waals surface area (Å²) in [6.07, 6.45) is 0.404. The van der Waals surface area contributed by atoms with Gasteiger partial charge < -0.3 is 10.6 Å². The minimum atomic E-state index is -0.686. The normalized spacial score (nSPS) is 11.5. The van der Waals surface area contributed by atoms with Crippen molar-refractivity contribution in [2.75, 3.05) is 0 Å². The molecule has 3 aromatic rings. The minimum Gasteiger partial charge on any atom is -0.350 e. The second-order valence-electron chi connectivity index (χ2n) is 6.43. The SMILES string of the molecule is O=C(NC(Cc1ccccc1)C(=O)NCc1ccccc1)c1ccc(Cl)cc1. The Labute approximate surface area is 169 Å². The summed E-state index contributed by atoms with van der Waals surface area (Å²) in [7, 11) is 0. The molecule has 3 rings (SSSR count). The second-order valence-corrected chi connectivity index (χ2v) is 6.86. The number of rotatable bonds is 7. The number of halogens is 1. The minimum absolute atomic E-state index is 0.227. The third-order valence-electron chi connectivity index (χ3n) is 4.32. The van der Waals surface area contributed by atoms with Gasteiger partial charge in [0.25, 0.3) is 5.91 Å². The van der Waals surface area contributed by atoms with Gasteiger partial charge in [-0.2, -0.15) is 0 Å². The van der Waals surface area contributed by atoms with Crippen molar-refractivity contribution in [2.24, 2.45) is 0 Å². The lowest BCUT2D eigenvalue weighted by molar-refractivity contribution is -0.123. The number of carbonyl (C=O) groups excluding carboxylic acids is 2. The molecule has 3 aromatic carbocycles. The summed E-state index contributed by atoms with van der Waals surface area (Å²) in [5, 5.41) is 6.31. The smallest absolute Gasteiger partial charge is 0.251 e. The lowest BCUT2D eigenvalue weighted by Gasteiger charge is -2.19. The van der Waals surface area contributed by atoms with E-state index >= 15 is 0 Å². The molecule has 2 amide bonds. The van der Waals surface area contributed by atoms with Crippen molar-refractivity contribution in [2.45, 2.75) is 19.0 Å². The van der Waals surface area contributed by atoms with Crippen LogP contribution >= 0.6 is 11.6 Å². The zero-order valence-electron chi connectivity index (χ0n) is 15.3. The third kappa shape index (κ3) is 5.69. The molecule has 0 saturated heterocycles.